The lowest BCUT2D eigenvalue weighted by molar-refractivity contribution is 0.0306. The third kappa shape index (κ3) is 1.75. The van der Waals surface area contributed by atoms with Crippen molar-refractivity contribution in [2.45, 2.75) is 25.0 Å². The number of para-hydroxylation sites is 1. The van der Waals surface area contributed by atoms with Crippen LogP contribution in [0.4, 0.5) is 11.4 Å². The molecule has 4 nitrogen and oxygen atoms in total. The Morgan fingerprint density at radius 1 is 1.16 bits per heavy atom. The van der Waals surface area contributed by atoms with Gasteiger partial charge in [-0.25, -0.2) is 0 Å². The zero-order chi connectivity index (χ0) is 12.8. The molecule has 2 aromatic rings. The fourth-order valence-corrected chi connectivity index (χ4v) is 3.27. The highest BCUT2D eigenvalue weighted by molar-refractivity contribution is 5.98. The molecule has 1 aromatic carbocycles. The molecule has 2 fully saturated rings. The number of fused-ring (bicyclic) bond motifs is 3. The fraction of sp³-hybridized carbons (Fsp3) is 0.400. The van der Waals surface area contributed by atoms with E-state index in [0.29, 0.717) is 12.2 Å². The summed E-state index contributed by atoms with van der Waals surface area (Å²) in [5.41, 5.74) is 8.90. The van der Waals surface area contributed by atoms with Crippen molar-refractivity contribution in [3.8, 4) is 0 Å². The Hall–Kier alpha value is -1.81. The van der Waals surface area contributed by atoms with Gasteiger partial charge in [0.25, 0.3) is 0 Å². The Morgan fingerprint density at radius 3 is 2.74 bits per heavy atom. The van der Waals surface area contributed by atoms with Crippen LogP contribution < -0.4 is 10.6 Å². The number of nitrogens with zero attached hydrogens (tertiary/aromatic N) is 2. The summed E-state index contributed by atoms with van der Waals surface area (Å²) in [5.74, 6) is 0. The molecule has 98 valence electrons. The summed E-state index contributed by atoms with van der Waals surface area (Å²) in [6, 6.07) is 8.10. The number of nitrogen functional groups attached to an aromatic ring is 1. The smallest absolute Gasteiger partial charge is 0.0951 e. The Kier molecular flexibility index (Phi) is 2.38. The van der Waals surface area contributed by atoms with E-state index in [1.165, 1.54) is 18.5 Å². The van der Waals surface area contributed by atoms with Gasteiger partial charge in [-0.05, 0) is 25.0 Å². The minimum atomic E-state index is 0.392. The van der Waals surface area contributed by atoms with Crippen molar-refractivity contribution in [3.63, 3.8) is 0 Å². The Bertz CT molecular complexity index is 616. The number of aromatic nitrogens is 1. The average Bonchev–Trinajstić information content (AvgIpc) is 2.77. The molecular weight excluding hydrogens is 238 g/mol. The Labute approximate surface area is 112 Å². The standard InChI is InChI=1S/C15H17N3O/c16-13-3-1-2-12-14(6-7-17-15(12)13)18-8-10-4-5-11(9-18)19-10/h1-3,6-7,10-11H,4-5,8-9,16H2. The zero-order valence-corrected chi connectivity index (χ0v) is 10.7. The van der Waals surface area contributed by atoms with Gasteiger partial charge < -0.3 is 15.4 Å². The highest BCUT2D eigenvalue weighted by Crippen LogP contribution is 2.34. The van der Waals surface area contributed by atoms with E-state index < -0.39 is 0 Å². The van der Waals surface area contributed by atoms with E-state index in [1.807, 2.05) is 18.3 Å². The summed E-state index contributed by atoms with van der Waals surface area (Å²) in [5, 5.41) is 1.14. The second kappa shape index (κ2) is 4.10. The second-order valence-corrected chi connectivity index (χ2v) is 5.44. The molecule has 0 aliphatic carbocycles. The summed E-state index contributed by atoms with van der Waals surface area (Å²) < 4.78 is 5.90. The highest BCUT2D eigenvalue weighted by Gasteiger charge is 2.34. The van der Waals surface area contributed by atoms with Gasteiger partial charge in [0.1, 0.15) is 0 Å². The summed E-state index contributed by atoms with van der Waals surface area (Å²) in [4.78, 5) is 6.83. The number of anilines is 2. The molecule has 0 spiro atoms. The normalized spacial score (nSPS) is 26.0. The molecule has 0 saturated carbocycles. The number of hydrogen-bond acceptors (Lipinski definition) is 4. The summed E-state index contributed by atoms with van der Waals surface area (Å²) in [7, 11) is 0. The summed E-state index contributed by atoms with van der Waals surface area (Å²) >= 11 is 0. The third-order valence-electron chi connectivity index (χ3n) is 4.16. The number of morpholine rings is 1. The van der Waals surface area contributed by atoms with Crippen molar-refractivity contribution in [1.82, 2.24) is 4.98 Å². The maximum atomic E-state index is 6.02. The van der Waals surface area contributed by atoms with Crippen LogP contribution in [-0.4, -0.2) is 30.3 Å². The number of rotatable bonds is 1. The molecule has 0 amide bonds. The molecule has 19 heavy (non-hydrogen) atoms. The SMILES string of the molecule is Nc1cccc2c(N3CC4CCC(C3)O4)ccnc12. The molecule has 2 saturated heterocycles. The Balaban J connectivity index is 1.81. The first kappa shape index (κ1) is 11.1. The molecular formula is C15H17N3O. The predicted octanol–water partition coefficient (Wildman–Crippen LogP) is 2.18. The van der Waals surface area contributed by atoms with Crippen molar-refractivity contribution >= 4 is 22.3 Å². The molecule has 4 rings (SSSR count). The first-order valence-corrected chi connectivity index (χ1v) is 6.85. The van der Waals surface area contributed by atoms with Crippen LogP contribution >= 0.6 is 0 Å². The van der Waals surface area contributed by atoms with E-state index in [1.54, 1.807) is 0 Å². The van der Waals surface area contributed by atoms with Crippen LogP contribution in [0.3, 0.4) is 0 Å². The lowest BCUT2D eigenvalue weighted by Crippen LogP contribution is -2.42. The molecule has 3 heterocycles. The number of hydrogen-bond donors (Lipinski definition) is 1. The van der Waals surface area contributed by atoms with E-state index in [0.717, 1.165) is 29.7 Å². The first-order valence-electron chi connectivity index (χ1n) is 6.85. The van der Waals surface area contributed by atoms with Crippen LogP contribution in [0, 0.1) is 0 Å². The summed E-state index contributed by atoms with van der Waals surface area (Å²) in [6.45, 7) is 1.95. The maximum Gasteiger partial charge on any atom is 0.0951 e. The monoisotopic (exact) mass is 255 g/mol. The topological polar surface area (TPSA) is 51.4 Å². The molecule has 2 N–H and O–H groups in total. The van der Waals surface area contributed by atoms with E-state index in [2.05, 4.69) is 22.0 Å². The Morgan fingerprint density at radius 2 is 1.95 bits per heavy atom. The van der Waals surface area contributed by atoms with Crippen molar-refractivity contribution in [2.75, 3.05) is 23.7 Å². The van der Waals surface area contributed by atoms with Crippen molar-refractivity contribution in [2.24, 2.45) is 0 Å². The van der Waals surface area contributed by atoms with Crippen molar-refractivity contribution in [3.05, 3.63) is 30.5 Å². The fourth-order valence-electron chi connectivity index (χ4n) is 3.27. The first-order chi connectivity index (χ1) is 9.31. The molecule has 2 atom stereocenters. The van der Waals surface area contributed by atoms with Gasteiger partial charge >= 0.3 is 0 Å². The molecule has 2 aliphatic heterocycles. The van der Waals surface area contributed by atoms with Gasteiger partial charge in [-0.3, -0.25) is 4.98 Å². The molecule has 2 aliphatic rings. The third-order valence-corrected chi connectivity index (χ3v) is 4.16. The molecule has 2 bridgehead atoms. The largest absolute Gasteiger partial charge is 0.397 e. The van der Waals surface area contributed by atoms with E-state index in [-0.39, 0.29) is 0 Å². The molecule has 4 heteroatoms. The van der Waals surface area contributed by atoms with Gasteiger partial charge in [0.2, 0.25) is 0 Å². The minimum Gasteiger partial charge on any atom is -0.397 e. The van der Waals surface area contributed by atoms with Crippen LogP contribution in [0.1, 0.15) is 12.8 Å². The number of nitrogens with two attached hydrogens (primary N) is 1. The lowest BCUT2D eigenvalue weighted by atomic mass is 10.1. The second-order valence-electron chi connectivity index (χ2n) is 5.44. The molecule has 0 radical (unpaired) electrons. The zero-order valence-electron chi connectivity index (χ0n) is 10.7. The van der Waals surface area contributed by atoms with Crippen LogP contribution in [0.15, 0.2) is 30.5 Å². The number of pyridine rings is 1. The molecule has 2 unspecified atom stereocenters. The van der Waals surface area contributed by atoms with Gasteiger partial charge in [-0.15, -0.1) is 0 Å². The van der Waals surface area contributed by atoms with Gasteiger partial charge in [-0.2, -0.15) is 0 Å². The molecule has 1 aromatic heterocycles. The highest BCUT2D eigenvalue weighted by atomic mass is 16.5. The quantitative estimate of drug-likeness (QED) is 0.794. The van der Waals surface area contributed by atoms with Gasteiger partial charge in [-0.1, -0.05) is 12.1 Å². The average molecular weight is 255 g/mol. The van der Waals surface area contributed by atoms with E-state index in [9.17, 15) is 0 Å². The maximum absolute atomic E-state index is 6.02. The van der Waals surface area contributed by atoms with Gasteiger partial charge in [0.15, 0.2) is 0 Å². The van der Waals surface area contributed by atoms with Crippen molar-refractivity contribution < 1.29 is 4.74 Å². The lowest BCUT2D eigenvalue weighted by Gasteiger charge is -2.34. The summed E-state index contributed by atoms with van der Waals surface area (Å²) in [6.07, 6.45) is 5.01. The van der Waals surface area contributed by atoms with Crippen molar-refractivity contribution in [1.29, 1.82) is 0 Å². The minimum absolute atomic E-state index is 0.392. The van der Waals surface area contributed by atoms with Gasteiger partial charge in [0, 0.05) is 30.4 Å². The van der Waals surface area contributed by atoms with Crippen LogP contribution in [0.5, 0.6) is 0 Å². The van der Waals surface area contributed by atoms with E-state index in [4.69, 9.17) is 10.5 Å². The van der Waals surface area contributed by atoms with Crippen LogP contribution in [-0.2, 0) is 4.74 Å². The predicted molar refractivity (Wildman–Crippen MR) is 76.3 cm³/mol. The number of ether oxygens (including phenoxy) is 1. The van der Waals surface area contributed by atoms with E-state index >= 15 is 0 Å². The number of benzene rings is 1. The van der Waals surface area contributed by atoms with Gasteiger partial charge in [0.05, 0.1) is 23.4 Å². The van der Waals surface area contributed by atoms with Crippen LogP contribution in [0.25, 0.3) is 10.9 Å². The van der Waals surface area contributed by atoms with Crippen LogP contribution in [0.2, 0.25) is 0 Å².